The summed E-state index contributed by atoms with van der Waals surface area (Å²) in [6.07, 6.45) is 0. The Hall–Kier alpha value is -1.80. The molecular weight excluding hydrogens is 298 g/mol. The molecule has 0 atom stereocenters. The number of thiophene rings is 1. The molecule has 0 aromatic carbocycles. The molecule has 8 heteroatoms. The van der Waals surface area contributed by atoms with Gasteiger partial charge in [-0.2, -0.15) is 0 Å². The van der Waals surface area contributed by atoms with Gasteiger partial charge in [-0.15, -0.1) is 22.7 Å². The molecule has 2 rings (SSSR count). The maximum Gasteiger partial charge on any atom is 0.304 e. The number of thiazole rings is 1. The number of ketones is 1. The van der Waals surface area contributed by atoms with E-state index in [2.05, 4.69) is 4.98 Å². The molecule has 20 heavy (non-hydrogen) atoms. The molecular formula is C12H13N3O3S2. The number of rotatable bonds is 5. The Balaban J connectivity index is 2.33. The minimum atomic E-state index is -0.450. The molecule has 0 unspecified atom stereocenters. The molecule has 2 heterocycles. The van der Waals surface area contributed by atoms with E-state index in [4.69, 9.17) is 0 Å². The van der Waals surface area contributed by atoms with Crippen LogP contribution in [0.1, 0.15) is 27.2 Å². The molecule has 106 valence electrons. The van der Waals surface area contributed by atoms with Crippen molar-refractivity contribution in [3.8, 4) is 0 Å². The van der Waals surface area contributed by atoms with Gasteiger partial charge in [0.05, 0.1) is 27.5 Å². The maximum atomic E-state index is 11.4. The number of carbonyl (C=O) groups excluding carboxylic acids is 1. The van der Waals surface area contributed by atoms with Crippen LogP contribution >= 0.6 is 22.7 Å². The Morgan fingerprint density at radius 3 is 2.75 bits per heavy atom. The average molecular weight is 311 g/mol. The number of nitro groups is 1. The summed E-state index contributed by atoms with van der Waals surface area (Å²) in [7, 11) is 1.78. The topological polar surface area (TPSA) is 76.3 Å². The first kappa shape index (κ1) is 14.6. The second-order valence-corrected chi connectivity index (χ2v) is 6.30. The van der Waals surface area contributed by atoms with E-state index in [0.29, 0.717) is 16.4 Å². The molecule has 0 spiro atoms. The van der Waals surface area contributed by atoms with Crippen molar-refractivity contribution < 1.29 is 9.72 Å². The first-order valence-corrected chi connectivity index (χ1v) is 7.49. The highest BCUT2D eigenvalue weighted by Gasteiger charge is 2.24. The lowest BCUT2D eigenvalue weighted by molar-refractivity contribution is -0.383. The van der Waals surface area contributed by atoms with Gasteiger partial charge in [0.1, 0.15) is 0 Å². The van der Waals surface area contributed by atoms with Crippen molar-refractivity contribution in [3.05, 3.63) is 37.1 Å². The van der Waals surface area contributed by atoms with Crippen LogP contribution in [-0.2, 0) is 6.54 Å². The summed E-state index contributed by atoms with van der Waals surface area (Å²) < 4.78 is 0. The Labute approximate surface area is 123 Å². The molecule has 0 aliphatic carbocycles. The fourth-order valence-electron chi connectivity index (χ4n) is 1.71. The lowest BCUT2D eigenvalue weighted by atomic mass is 10.3. The number of carbonyl (C=O) groups is 1. The number of hydrogen-bond donors (Lipinski definition) is 0. The average Bonchev–Trinajstić information content (AvgIpc) is 2.96. The fourth-order valence-corrected chi connectivity index (χ4v) is 3.53. The van der Waals surface area contributed by atoms with Crippen LogP contribution in [0, 0.1) is 17.0 Å². The van der Waals surface area contributed by atoms with Crippen molar-refractivity contribution in [1.82, 2.24) is 4.98 Å². The van der Waals surface area contributed by atoms with Crippen LogP contribution < -0.4 is 4.90 Å². The van der Waals surface area contributed by atoms with Gasteiger partial charge in [-0.3, -0.25) is 14.9 Å². The molecule has 0 aliphatic rings. The molecule has 0 saturated carbocycles. The van der Waals surface area contributed by atoms with E-state index in [1.54, 1.807) is 17.5 Å². The van der Waals surface area contributed by atoms with Gasteiger partial charge in [0.2, 0.25) is 0 Å². The van der Waals surface area contributed by atoms with Gasteiger partial charge in [-0.05, 0) is 13.8 Å². The van der Waals surface area contributed by atoms with Crippen LogP contribution in [0.5, 0.6) is 0 Å². The van der Waals surface area contributed by atoms with Crippen LogP contribution in [0.25, 0.3) is 0 Å². The lowest BCUT2D eigenvalue weighted by Gasteiger charge is -2.15. The first-order valence-electron chi connectivity index (χ1n) is 5.79. The zero-order valence-electron chi connectivity index (χ0n) is 11.2. The summed E-state index contributed by atoms with van der Waals surface area (Å²) in [5, 5.41) is 11.6. The van der Waals surface area contributed by atoms with Gasteiger partial charge >= 0.3 is 5.69 Å². The zero-order chi connectivity index (χ0) is 14.9. The van der Waals surface area contributed by atoms with Crippen molar-refractivity contribution in [2.75, 3.05) is 11.9 Å². The zero-order valence-corrected chi connectivity index (χ0v) is 12.9. The Bertz CT molecular complexity index is 663. The minimum Gasteiger partial charge on any atom is -0.356 e. The second-order valence-electron chi connectivity index (χ2n) is 4.33. The van der Waals surface area contributed by atoms with Gasteiger partial charge in [-0.25, -0.2) is 4.98 Å². The standard InChI is InChI=1S/C12H13N3O3S2/c1-7-11(19-6-13-7)5-14(3)12-9(15(17)18)4-10(20-12)8(2)16/h4,6H,5H2,1-3H3. The van der Waals surface area contributed by atoms with Gasteiger partial charge < -0.3 is 4.90 Å². The Kier molecular flexibility index (Phi) is 4.15. The summed E-state index contributed by atoms with van der Waals surface area (Å²) in [5.41, 5.74) is 2.65. The van der Waals surface area contributed by atoms with E-state index < -0.39 is 4.92 Å². The molecule has 0 fully saturated rings. The Morgan fingerprint density at radius 1 is 1.55 bits per heavy atom. The van der Waals surface area contributed by atoms with E-state index in [1.165, 1.54) is 24.3 Å². The highest BCUT2D eigenvalue weighted by atomic mass is 32.1. The highest BCUT2D eigenvalue weighted by Crippen LogP contribution is 2.38. The summed E-state index contributed by atoms with van der Waals surface area (Å²) in [4.78, 5) is 29.4. The van der Waals surface area contributed by atoms with Crippen molar-refractivity contribution >= 4 is 39.1 Å². The first-order chi connectivity index (χ1) is 9.40. The molecule has 2 aromatic heterocycles. The second kappa shape index (κ2) is 5.68. The number of aryl methyl sites for hydroxylation is 1. The SMILES string of the molecule is CC(=O)c1cc([N+](=O)[O-])c(N(C)Cc2scnc2C)s1. The summed E-state index contributed by atoms with van der Waals surface area (Å²) in [6, 6.07) is 1.35. The van der Waals surface area contributed by atoms with E-state index >= 15 is 0 Å². The summed E-state index contributed by atoms with van der Waals surface area (Å²) in [5.74, 6) is -0.160. The number of anilines is 1. The van der Waals surface area contributed by atoms with Crippen molar-refractivity contribution in [3.63, 3.8) is 0 Å². The molecule has 0 N–H and O–H groups in total. The van der Waals surface area contributed by atoms with E-state index in [1.807, 2.05) is 6.92 Å². The van der Waals surface area contributed by atoms with Gasteiger partial charge in [-0.1, -0.05) is 0 Å². The van der Waals surface area contributed by atoms with Gasteiger partial charge in [0.25, 0.3) is 0 Å². The van der Waals surface area contributed by atoms with E-state index in [9.17, 15) is 14.9 Å². The lowest BCUT2D eigenvalue weighted by Crippen LogP contribution is -2.16. The number of hydrogen-bond acceptors (Lipinski definition) is 7. The minimum absolute atomic E-state index is 0.0233. The third-order valence-corrected chi connectivity index (χ3v) is 5.07. The van der Waals surface area contributed by atoms with E-state index in [-0.39, 0.29) is 11.5 Å². The van der Waals surface area contributed by atoms with Gasteiger partial charge in [0.15, 0.2) is 10.8 Å². The maximum absolute atomic E-state index is 11.4. The number of Topliss-reactive ketones (excluding diaryl/α,β-unsaturated/α-hetero) is 1. The normalized spacial score (nSPS) is 10.6. The molecule has 2 aromatic rings. The van der Waals surface area contributed by atoms with Crippen LogP contribution in [0.4, 0.5) is 10.7 Å². The number of nitrogens with zero attached hydrogens (tertiary/aromatic N) is 3. The molecule has 6 nitrogen and oxygen atoms in total. The van der Waals surface area contributed by atoms with Crippen molar-refractivity contribution in [1.29, 1.82) is 0 Å². The summed E-state index contributed by atoms with van der Waals surface area (Å²) >= 11 is 2.67. The molecule has 0 saturated heterocycles. The molecule has 0 amide bonds. The molecule has 0 bridgehead atoms. The van der Waals surface area contributed by atoms with Crippen molar-refractivity contribution in [2.24, 2.45) is 0 Å². The quantitative estimate of drug-likeness (QED) is 0.481. The van der Waals surface area contributed by atoms with E-state index in [0.717, 1.165) is 21.9 Å². The highest BCUT2D eigenvalue weighted by molar-refractivity contribution is 7.18. The largest absolute Gasteiger partial charge is 0.356 e. The summed E-state index contributed by atoms with van der Waals surface area (Å²) in [6.45, 7) is 3.85. The molecule has 0 radical (unpaired) electrons. The molecule has 0 aliphatic heterocycles. The Morgan fingerprint density at radius 2 is 2.25 bits per heavy atom. The van der Waals surface area contributed by atoms with Crippen LogP contribution in [0.2, 0.25) is 0 Å². The fraction of sp³-hybridized carbons (Fsp3) is 0.333. The van der Waals surface area contributed by atoms with Crippen LogP contribution in [0.15, 0.2) is 11.6 Å². The monoisotopic (exact) mass is 311 g/mol. The van der Waals surface area contributed by atoms with Crippen LogP contribution in [-0.4, -0.2) is 22.7 Å². The smallest absolute Gasteiger partial charge is 0.304 e. The van der Waals surface area contributed by atoms with Gasteiger partial charge in [0, 0.05) is 18.0 Å². The number of aromatic nitrogens is 1. The third-order valence-electron chi connectivity index (χ3n) is 2.81. The van der Waals surface area contributed by atoms with Crippen molar-refractivity contribution in [2.45, 2.75) is 20.4 Å². The predicted octanol–water partition coefficient (Wildman–Crippen LogP) is 3.26. The predicted molar refractivity (Wildman–Crippen MR) is 79.9 cm³/mol. The third kappa shape index (κ3) is 2.86. The van der Waals surface area contributed by atoms with Crippen LogP contribution in [0.3, 0.4) is 0 Å².